The Kier molecular flexibility index (Phi) is 7.30. The first-order valence-corrected chi connectivity index (χ1v) is 11.4. The zero-order valence-corrected chi connectivity index (χ0v) is 21.2. The van der Waals surface area contributed by atoms with Gasteiger partial charge in [0.25, 0.3) is 11.5 Å². The van der Waals surface area contributed by atoms with Gasteiger partial charge in [-0.2, -0.15) is 0 Å². The third-order valence-corrected chi connectivity index (χ3v) is 6.61. The summed E-state index contributed by atoms with van der Waals surface area (Å²) < 4.78 is 2.10. The molecular weight excluding hydrogens is 464 g/mol. The van der Waals surface area contributed by atoms with Gasteiger partial charge in [-0.15, -0.1) is 0 Å². The number of benzene rings is 1. The smallest absolute Gasteiger partial charge is 0.337 e. The van der Waals surface area contributed by atoms with Crippen LogP contribution in [0.25, 0.3) is 5.69 Å². The minimum atomic E-state index is -2.00. The van der Waals surface area contributed by atoms with Crippen LogP contribution in [0.1, 0.15) is 40.5 Å². The molecule has 0 fully saturated rings. The number of Topliss-reactive ketones (excluding diaryl/α,β-unsaturated/α-hetero) is 2. The standard InChI is InChI=1S/C26H30N4O6/c1-14-15(2)21(32)18(16(3)20(14)31)12-13-26(4,36)24(34)28-19-22(27-5)30(17-10-8-7-9-11-17)25(35)29(6)23(19)33/h7-11,27,36H,12-13H2,1-6H3,(H,28,34). The number of hydrogen-bond donors (Lipinski definition) is 3. The van der Waals surface area contributed by atoms with Crippen molar-refractivity contribution in [3.8, 4) is 5.69 Å². The van der Waals surface area contributed by atoms with Crippen LogP contribution >= 0.6 is 0 Å². The van der Waals surface area contributed by atoms with Gasteiger partial charge in [-0.25, -0.2) is 9.36 Å². The molecule has 190 valence electrons. The molecule has 0 radical (unpaired) electrons. The first-order valence-electron chi connectivity index (χ1n) is 11.4. The number of carbonyl (C=O) groups excluding carboxylic acids is 3. The van der Waals surface area contributed by atoms with Gasteiger partial charge in [0.05, 0.1) is 5.69 Å². The third kappa shape index (κ3) is 4.59. The monoisotopic (exact) mass is 494 g/mol. The highest BCUT2D eigenvalue weighted by atomic mass is 16.3. The van der Waals surface area contributed by atoms with Crippen molar-refractivity contribution >= 4 is 29.0 Å². The molecule has 1 unspecified atom stereocenters. The molecule has 1 heterocycles. The molecule has 36 heavy (non-hydrogen) atoms. The highest BCUT2D eigenvalue weighted by molar-refractivity contribution is 6.24. The molecule has 1 amide bonds. The molecule has 3 rings (SSSR count). The van der Waals surface area contributed by atoms with Crippen LogP contribution in [0.4, 0.5) is 11.5 Å². The van der Waals surface area contributed by atoms with Crippen molar-refractivity contribution in [2.75, 3.05) is 17.7 Å². The number of para-hydroxylation sites is 1. The van der Waals surface area contributed by atoms with Crippen molar-refractivity contribution in [2.45, 2.75) is 46.1 Å². The number of aliphatic hydroxyl groups is 1. The summed E-state index contributed by atoms with van der Waals surface area (Å²) in [5.41, 5.74) is -1.87. The zero-order valence-electron chi connectivity index (χ0n) is 21.2. The largest absolute Gasteiger partial charge is 0.380 e. The summed E-state index contributed by atoms with van der Waals surface area (Å²) in [4.78, 5) is 64.0. The summed E-state index contributed by atoms with van der Waals surface area (Å²) in [7, 11) is 2.79. The van der Waals surface area contributed by atoms with E-state index in [0.29, 0.717) is 22.4 Å². The Bertz CT molecular complexity index is 1440. The van der Waals surface area contributed by atoms with E-state index in [9.17, 15) is 29.1 Å². The number of amides is 1. The topological polar surface area (TPSA) is 140 Å². The predicted molar refractivity (Wildman–Crippen MR) is 136 cm³/mol. The van der Waals surface area contributed by atoms with E-state index < -0.39 is 22.8 Å². The Morgan fingerprint density at radius 1 is 0.972 bits per heavy atom. The van der Waals surface area contributed by atoms with Crippen molar-refractivity contribution in [3.63, 3.8) is 0 Å². The molecule has 1 aliphatic rings. The van der Waals surface area contributed by atoms with E-state index in [-0.39, 0.29) is 41.5 Å². The number of ketones is 2. The molecule has 10 nitrogen and oxygen atoms in total. The van der Waals surface area contributed by atoms with Crippen LogP contribution in [0.5, 0.6) is 0 Å². The first-order chi connectivity index (χ1) is 16.8. The second kappa shape index (κ2) is 9.90. The van der Waals surface area contributed by atoms with Gasteiger partial charge in [0, 0.05) is 36.4 Å². The fourth-order valence-electron chi connectivity index (χ4n) is 4.07. The second-order valence-electron chi connectivity index (χ2n) is 9.03. The molecule has 1 atom stereocenters. The Balaban J connectivity index is 1.94. The normalized spacial score (nSPS) is 15.8. The summed E-state index contributed by atoms with van der Waals surface area (Å²) in [5, 5.41) is 16.2. The number of allylic oxidation sites excluding steroid dienone is 4. The van der Waals surface area contributed by atoms with Crippen LogP contribution in [0.15, 0.2) is 62.2 Å². The van der Waals surface area contributed by atoms with E-state index in [0.717, 1.165) is 4.57 Å². The quantitative estimate of drug-likeness (QED) is 0.499. The molecule has 1 aromatic carbocycles. The molecule has 0 aliphatic heterocycles. The van der Waals surface area contributed by atoms with Gasteiger partial charge < -0.3 is 15.7 Å². The lowest BCUT2D eigenvalue weighted by Gasteiger charge is -2.25. The fourth-order valence-corrected chi connectivity index (χ4v) is 4.07. The fraction of sp³-hybridized carbons (Fsp3) is 0.346. The number of nitrogens with one attached hydrogen (secondary N) is 2. The SMILES string of the molecule is CNc1c(NC(=O)C(C)(O)CCC2=C(C)C(=O)C(C)=C(C)C2=O)c(=O)n(C)c(=O)n1-c1ccccc1. The molecular formula is C26H30N4O6. The summed E-state index contributed by atoms with van der Waals surface area (Å²) >= 11 is 0. The van der Waals surface area contributed by atoms with Crippen molar-refractivity contribution in [3.05, 3.63) is 73.5 Å². The van der Waals surface area contributed by atoms with Gasteiger partial charge in [0.2, 0.25) is 0 Å². The van der Waals surface area contributed by atoms with Crippen molar-refractivity contribution in [2.24, 2.45) is 7.05 Å². The molecule has 2 aromatic rings. The maximum Gasteiger partial charge on any atom is 0.337 e. The number of anilines is 2. The lowest BCUT2D eigenvalue weighted by molar-refractivity contribution is -0.133. The van der Waals surface area contributed by atoms with Gasteiger partial charge in [0.1, 0.15) is 17.1 Å². The van der Waals surface area contributed by atoms with E-state index in [4.69, 9.17) is 0 Å². The summed E-state index contributed by atoms with van der Waals surface area (Å²) in [6, 6.07) is 8.57. The summed E-state index contributed by atoms with van der Waals surface area (Å²) in [6.07, 6.45) is -0.188. The Morgan fingerprint density at radius 2 is 1.56 bits per heavy atom. The van der Waals surface area contributed by atoms with Gasteiger partial charge in [0.15, 0.2) is 11.6 Å². The minimum absolute atomic E-state index is 0.0120. The molecule has 1 aliphatic carbocycles. The lowest BCUT2D eigenvalue weighted by atomic mass is 9.82. The van der Waals surface area contributed by atoms with Crippen LogP contribution in [-0.2, 0) is 21.4 Å². The molecule has 1 aromatic heterocycles. The van der Waals surface area contributed by atoms with Crippen LogP contribution in [0.2, 0.25) is 0 Å². The molecule has 0 saturated heterocycles. The van der Waals surface area contributed by atoms with Gasteiger partial charge >= 0.3 is 5.69 Å². The summed E-state index contributed by atoms with van der Waals surface area (Å²) in [6.45, 7) is 5.98. The Morgan fingerprint density at radius 3 is 2.14 bits per heavy atom. The first kappa shape index (κ1) is 26.6. The molecule has 0 saturated carbocycles. The van der Waals surface area contributed by atoms with Crippen LogP contribution in [0, 0.1) is 0 Å². The molecule has 10 heteroatoms. The van der Waals surface area contributed by atoms with E-state index >= 15 is 0 Å². The van der Waals surface area contributed by atoms with E-state index in [1.54, 1.807) is 51.1 Å². The highest BCUT2D eigenvalue weighted by Gasteiger charge is 2.35. The van der Waals surface area contributed by atoms with Crippen molar-refractivity contribution in [1.29, 1.82) is 0 Å². The zero-order chi connectivity index (χ0) is 26.9. The number of nitrogens with zero attached hydrogens (tertiary/aromatic N) is 2. The van der Waals surface area contributed by atoms with E-state index in [2.05, 4.69) is 10.6 Å². The second-order valence-corrected chi connectivity index (χ2v) is 9.03. The number of rotatable bonds is 7. The van der Waals surface area contributed by atoms with Crippen LogP contribution in [0.3, 0.4) is 0 Å². The van der Waals surface area contributed by atoms with Gasteiger partial charge in [-0.05, 0) is 52.7 Å². The molecule has 0 bridgehead atoms. The molecule has 0 spiro atoms. The van der Waals surface area contributed by atoms with Gasteiger partial charge in [-0.1, -0.05) is 18.2 Å². The van der Waals surface area contributed by atoms with Gasteiger partial charge in [-0.3, -0.25) is 23.7 Å². The van der Waals surface area contributed by atoms with Crippen LogP contribution < -0.4 is 21.9 Å². The van der Waals surface area contributed by atoms with E-state index in [1.807, 2.05) is 0 Å². The maximum absolute atomic E-state index is 13.1. The Hall–Kier alpha value is -4.05. The average Bonchev–Trinajstić information content (AvgIpc) is 2.86. The van der Waals surface area contributed by atoms with Crippen LogP contribution in [-0.4, -0.2) is 44.4 Å². The van der Waals surface area contributed by atoms with Crippen molar-refractivity contribution < 1.29 is 19.5 Å². The average molecular weight is 495 g/mol. The minimum Gasteiger partial charge on any atom is -0.380 e. The maximum atomic E-state index is 13.1. The van der Waals surface area contributed by atoms with E-state index in [1.165, 1.54) is 25.6 Å². The molecule has 3 N–H and O–H groups in total. The number of hydrogen-bond acceptors (Lipinski definition) is 7. The number of aromatic nitrogens is 2. The summed E-state index contributed by atoms with van der Waals surface area (Å²) in [5.74, 6) is -1.38. The Labute approximate surface area is 208 Å². The predicted octanol–water partition coefficient (Wildman–Crippen LogP) is 1.85. The third-order valence-electron chi connectivity index (χ3n) is 6.61. The van der Waals surface area contributed by atoms with Crippen molar-refractivity contribution in [1.82, 2.24) is 9.13 Å². The lowest BCUT2D eigenvalue weighted by Crippen LogP contribution is -2.45. The number of carbonyl (C=O) groups is 3. The highest BCUT2D eigenvalue weighted by Crippen LogP contribution is 2.29.